The van der Waals surface area contributed by atoms with Crippen molar-refractivity contribution < 1.29 is 17.3 Å². The zero-order chi connectivity index (χ0) is 17.9. The van der Waals surface area contributed by atoms with Crippen LogP contribution in [-0.4, -0.2) is 25.1 Å². The second-order valence-corrected chi connectivity index (χ2v) is 8.40. The van der Waals surface area contributed by atoms with E-state index in [4.69, 9.17) is 4.52 Å². The maximum Gasteiger partial charge on any atom is 0.250 e. The van der Waals surface area contributed by atoms with E-state index >= 15 is 0 Å². The fourth-order valence-electron chi connectivity index (χ4n) is 2.13. The summed E-state index contributed by atoms with van der Waals surface area (Å²) >= 11 is 1.26. The van der Waals surface area contributed by atoms with Crippen LogP contribution in [0.1, 0.15) is 17.7 Å². The van der Waals surface area contributed by atoms with Gasteiger partial charge in [0.05, 0.1) is 0 Å². The topological polar surface area (TPSA) is 85.1 Å². The molecule has 0 saturated heterocycles. The van der Waals surface area contributed by atoms with Gasteiger partial charge >= 0.3 is 0 Å². The molecule has 2 heterocycles. The first-order chi connectivity index (χ1) is 12.0. The van der Waals surface area contributed by atoms with Gasteiger partial charge < -0.3 is 4.52 Å². The van der Waals surface area contributed by atoms with E-state index in [1.165, 1.54) is 23.5 Å². The molecule has 9 heteroatoms. The molecule has 0 aliphatic carbocycles. The van der Waals surface area contributed by atoms with Crippen molar-refractivity contribution in [3.05, 3.63) is 53.0 Å². The first kappa shape index (κ1) is 17.7. The summed E-state index contributed by atoms with van der Waals surface area (Å²) in [5.41, 5.74) is 0.627. The molecule has 2 aromatic heterocycles. The lowest BCUT2D eigenvalue weighted by Gasteiger charge is -2.02. The van der Waals surface area contributed by atoms with Crippen LogP contribution in [0.15, 0.2) is 45.1 Å². The fourth-order valence-corrected chi connectivity index (χ4v) is 4.50. The average molecular weight is 381 g/mol. The number of aromatic nitrogens is 2. The van der Waals surface area contributed by atoms with E-state index in [-0.39, 0.29) is 18.8 Å². The average Bonchev–Trinajstić information content (AvgIpc) is 3.25. The lowest BCUT2D eigenvalue weighted by molar-refractivity contribution is 0.379. The van der Waals surface area contributed by atoms with Crippen LogP contribution >= 0.6 is 11.3 Å². The molecule has 0 spiro atoms. The molecule has 6 nitrogen and oxygen atoms in total. The van der Waals surface area contributed by atoms with E-state index in [0.717, 1.165) is 11.3 Å². The van der Waals surface area contributed by atoms with Gasteiger partial charge in [-0.05, 0) is 42.8 Å². The molecule has 1 N–H and O–H groups in total. The Bertz CT molecular complexity index is 949. The van der Waals surface area contributed by atoms with Crippen molar-refractivity contribution in [2.45, 2.75) is 24.0 Å². The molecule has 0 unspecified atom stereocenters. The third-order valence-corrected chi connectivity index (χ3v) is 6.63. The number of nitrogens with one attached hydrogen (secondary N) is 1. The van der Waals surface area contributed by atoms with Crippen molar-refractivity contribution in [3.8, 4) is 11.4 Å². The number of hydrogen-bond donors (Lipinski definition) is 1. The molecular weight excluding hydrogens is 365 g/mol. The molecule has 0 atom stereocenters. The van der Waals surface area contributed by atoms with Crippen LogP contribution in [0, 0.1) is 5.82 Å². The minimum atomic E-state index is -3.53. The third kappa shape index (κ3) is 4.30. The Labute approximate surface area is 148 Å². The van der Waals surface area contributed by atoms with Gasteiger partial charge in [0.2, 0.25) is 21.7 Å². The molecule has 0 fully saturated rings. The Morgan fingerprint density at radius 2 is 1.96 bits per heavy atom. The Balaban J connectivity index is 1.60. The maximum absolute atomic E-state index is 12.9. The van der Waals surface area contributed by atoms with Crippen molar-refractivity contribution in [1.29, 1.82) is 0 Å². The minimum absolute atomic E-state index is 0.146. The van der Waals surface area contributed by atoms with Gasteiger partial charge in [-0.25, -0.2) is 17.5 Å². The zero-order valence-electron chi connectivity index (χ0n) is 13.4. The first-order valence-electron chi connectivity index (χ1n) is 7.65. The van der Waals surface area contributed by atoms with Gasteiger partial charge in [-0.1, -0.05) is 12.1 Å². The van der Waals surface area contributed by atoms with Crippen LogP contribution in [0.25, 0.3) is 11.4 Å². The van der Waals surface area contributed by atoms with Crippen LogP contribution in [0.3, 0.4) is 0 Å². The van der Waals surface area contributed by atoms with E-state index in [9.17, 15) is 12.8 Å². The maximum atomic E-state index is 12.9. The number of rotatable bonds is 7. The van der Waals surface area contributed by atoms with E-state index in [1.807, 2.05) is 13.0 Å². The summed E-state index contributed by atoms with van der Waals surface area (Å²) in [7, 11) is -3.53. The minimum Gasteiger partial charge on any atom is -0.339 e. The summed E-state index contributed by atoms with van der Waals surface area (Å²) in [4.78, 5) is 5.20. The number of halogens is 1. The first-order valence-corrected chi connectivity index (χ1v) is 9.95. The van der Waals surface area contributed by atoms with Crippen LogP contribution in [0.2, 0.25) is 0 Å². The van der Waals surface area contributed by atoms with Crippen LogP contribution < -0.4 is 4.72 Å². The molecule has 0 bridgehead atoms. The predicted octanol–water partition coefficient (Wildman–Crippen LogP) is 3.02. The number of nitrogens with zero attached hydrogens (tertiary/aromatic N) is 2. The summed E-state index contributed by atoms with van der Waals surface area (Å²) in [6, 6.07) is 9.14. The van der Waals surface area contributed by atoms with Crippen molar-refractivity contribution in [2.24, 2.45) is 0 Å². The summed E-state index contributed by atoms with van der Waals surface area (Å²) < 4.78 is 45.3. The van der Waals surface area contributed by atoms with E-state index in [1.54, 1.807) is 18.2 Å². The molecule has 0 amide bonds. The fraction of sp³-hybridized carbons (Fsp3) is 0.250. The van der Waals surface area contributed by atoms with Gasteiger partial charge in [0.25, 0.3) is 0 Å². The Kier molecular flexibility index (Phi) is 5.26. The number of sulfonamides is 1. The number of hydrogen-bond acceptors (Lipinski definition) is 6. The van der Waals surface area contributed by atoms with E-state index in [2.05, 4.69) is 14.9 Å². The monoisotopic (exact) mass is 381 g/mol. The van der Waals surface area contributed by atoms with Gasteiger partial charge in [-0.2, -0.15) is 4.98 Å². The highest BCUT2D eigenvalue weighted by Crippen LogP contribution is 2.21. The summed E-state index contributed by atoms with van der Waals surface area (Å²) in [6.07, 6.45) is 1.06. The SMILES string of the molecule is CCc1ccc(S(=O)(=O)NCCc2nc(-c3ccc(F)cc3)no2)s1. The van der Waals surface area contributed by atoms with E-state index in [0.29, 0.717) is 21.5 Å². The van der Waals surface area contributed by atoms with Crippen molar-refractivity contribution >= 4 is 21.4 Å². The smallest absolute Gasteiger partial charge is 0.250 e. The molecule has 0 aliphatic rings. The molecule has 0 saturated carbocycles. The molecule has 1 aromatic carbocycles. The third-order valence-electron chi connectivity index (χ3n) is 3.45. The standard InChI is InChI=1S/C16H16FN3O3S2/c1-2-13-7-8-15(24-13)25(21,22)18-10-9-14-19-16(20-23-14)11-3-5-12(17)6-4-11/h3-8,18H,2,9-10H2,1H3. The van der Waals surface area contributed by atoms with Crippen LogP contribution in [0.4, 0.5) is 4.39 Å². The van der Waals surface area contributed by atoms with Crippen LogP contribution in [0.5, 0.6) is 0 Å². The molecule has 3 rings (SSSR count). The highest BCUT2D eigenvalue weighted by molar-refractivity contribution is 7.91. The van der Waals surface area contributed by atoms with Gasteiger partial charge in [0.15, 0.2) is 0 Å². The Hall–Kier alpha value is -2.10. The van der Waals surface area contributed by atoms with Crippen molar-refractivity contribution in [3.63, 3.8) is 0 Å². The number of benzene rings is 1. The van der Waals surface area contributed by atoms with Gasteiger partial charge in [-0.15, -0.1) is 11.3 Å². The van der Waals surface area contributed by atoms with Gasteiger partial charge in [0, 0.05) is 23.4 Å². The normalized spacial score (nSPS) is 11.8. The second kappa shape index (κ2) is 7.42. The van der Waals surface area contributed by atoms with Crippen molar-refractivity contribution in [2.75, 3.05) is 6.54 Å². The van der Waals surface area contributed by atoms with Crippen molar-refractivity contribution in [1.82, 2.24) is 14.9 Å². The predicted molar refractivity (Wildman–Crippen MR) is 92.3 cm³/mol. The molecule has 0 radical (unpaired) electrons. The molecule has 132 valence electrons. The summed E-state index contributed by atoms with van der Waals surface area (Å²) in [5, 5.41) is 3.82. The van der Waals surface area contributed by atoms with Crippen LogP contribution in [-0.2, 0) is 22.9 Å². The summed E-state index contributed by atoms with van der Waals surface area (Å²) in [6.45, 7) is 2.12. The second-order valence-electron chi connectivity index (χ2n) is 5.24. The van der Waals surface area contributed by atoms with E-state index < -0.39 is 10.0 Å². The molecular formula is C16H16FN3O3S2. The number of aryl methyl sites for hydroxylation is 1. The quantitative estimate of drug-likeness (QED) is 0.680. The highest BCUT2D eigenvalue weighted by Gasteiger charge is 2.17. The molecule has 25 heavy (non-hydrogen) atoms. The summed E-state index contributed by atoms with van der Waals surface area (Å²) in [5.74, 6) is 0.299. The molecule has 3 aromatic rings. The number of thiophene rings is 1. The largest absolute Gasteiger partial charge is 0.339 e. The van der Waals surface area contributed by atoms with Gasteiger partial charge in [0.1, 0.15) is 10.0 Å². The molecule has 0 aliphatic heterocycles. The Morgan fingerprint density at radius 3 is 2.64 bits per heavy atom. The lowest BCUT2D eigenvalue weighted by atomic mass is 10.2. The zero-order valence-corrected chi connectivity index (χ0v) is 15.0. The highest BCUT2D eigenvalue weighted by atomic mass is 32.2. The van der Waals surface area contributed by atoms with Gasteiger partial charge in [-0.3, -0.25) is 0 Å². The lowest BCUT2D eigenvalue weighted by Crippen LogP contribution is -2.25. The Morgan fingerprint density at radius 1 is 1.20 bits per heavy atom.